The number of ketones is 1. The standard InChI is InChI=1S/C17H12N4O/c18-8-13-9-20-21-15-6-12(11-4-2-1-3-5-11)7-16(22)14(15)10-19-17(13)21/h1-5,9-10,12H,6-7H2. The van der Waals surface area contributed by atoms with Gasteiger partial charge in [0.15, 0.2) is 11.4 Å². The first kappa shape index (κ1) is 12.7. The molecule has 4 rings (SSSR count). The highest BCUT2D eigenvalue weighted by molar-refractivity contribution is 5.98. The Balaban J connectivity index is 1.87. The van der Waals surface area contributed by atoms with Crippen molar-refractivity contribution in [3.05, 3.63) is 65.1 Å². The van der Waals surface area contributed by atoms with Crippen LogP contribution in [0.3, 0.4) is 0 Å². The summed E-state index contributed by atoms with van der Waals surface area (Å²) in [5, 5.41) is 13.3. The normalized spacial score (nSPS) is 17.2. The number of nitrogens with zero attached hydrogens (tertiary/aromatic N) is 4. The van der Waals surface area contributed by atoms with Crippen LogP contribution in [0.2, 0.25) is 0 Å². The van der Waals surface area contributed by atoms with Gasteiger partial charge in [-0.25, -0.2) is 9.50 Å². The second-order valence-electron chi connectivity index (χ2n) is 5.46. The van der Waals surface area contributed by atoms with Gasteiger partial charge in [-0.1, -0.05) is 30.3 Å². The molecule has 22 heavy (non-hydrogen) atoms. The van der Waals surface area contributed by atoms with Crippen LogP contribution in [0.5, 0.6) is 0 Å². The van der Waals surface area contributed by atoms with Gasteiger partial charge >= 0.3 is 0 Å². The molecule has 3 aromatic rings. The van der Waals surface area contributed by atoms with Crippen molar-refractivity contribution in [2.45, 2.75) is 18.8 Å². The lowest BCUT2D eigenvalue weighted by Gasteiger charge is -2.24. The predicted molar refractivity (Wildman–Crippen MR) is 79.5 cm³/mol. The molecular weight excluding hydrogens is 276 g/mol. The molecule has 0 saturated heterocycles. The Morgan fingerprint density at radius 2 is 2.00 bits per heavy atom. The third-order valence-corrected chi connectivity index (χ3v) is 4.19. The number of carbonyl (C=O) groups excluding carboxylic acids is 1. The summed E-state index contributed by atoms with van der Waals surface area (Å²) >= 11 is 0. The Morgan fingerprint density at radius 3 is 2.77 bits per heavy atom. The molecule has 0 bridgehead atoms. The van der Waals surface area contributed by atoms with E-state index in [1.165, 1.54) is 6.20 Å². The smallest absolute Gasteiger partial charge is 0.173 e. The second kappa shape index (κ2) is 4.78. The van der Waals surface area contributed by atoms with Gasteiger partial charge in [-0.05, 0) is 17.9 Å². The number of hydrogen-bond acceptors (Lipinski definition) is 4. The van der Waals surface area contributed by atoms with E-state index in [1.54, 1.807) is 10.7 Å². The van der Waals surface area contributed by atoms with Crippen LogP contribution in [0.1, 0.15) is 39.5 Å². The first-order chi connectivity index (χ1) is 10.8. The van der Waals surface area contributed by atoms with Crippen molar-refractivity contribution in [3.8, 4) is 6.07 Å². The van der Waals surface area contributed by atoms with E-state index in [1.807, 2.05) is 30.3 Å². The molecule has 0 amide bonds. The van der Waals surface area contributed by atoms with E-state index in [9.17, 15) is 4.79 Å². The molecule has 0 aliphatic heterocycles. The molecule has 2 aromatic heterocycles. The molecule has 1 unspecified atom stereocenters. The van der Waals surface area contributed by atoms with Gasteiger partial charge in [0.1, 0.15) is 11.6 Å². The highest BCUT2D eigenvalue weighted by atomic mass is 16.1. The Bertz CT molecular complexity index is 921. The first-order valence-electron chi connectivity index (χ1n) is 7.12. The molecule has 5 heteroatoms. The molecule has 1 aliphatic carbocycles. The Kier molecular flexibility index (Phi) is 2.76. The molecule has 0 N–H and O–H groups in total. The predicted octanol–water partition coefficient (Wildman–Crippen LogP) is 2.51. The molecule has 106 valence electrons. The van der Waals surface area contributed by atoms with Gasteiger partial charge in [0.25, 0.3) is 0 Å². The van der Waals surface area contributed by atoms with Crippen LogP contribution in [-0.4, -0.2) is 20.4 Å². The number of nitriles is 1. The average molecular weight is 288 g/mol. The molecule has 0 radical (unpaired) electrons. The summed E-state index contributed by atoms with van der Waals surface area (Å²) in [6.45, 7) is 0. The number of benzene rings is 1. The molecule has 0 spiro atoms. The summed E-state index contributed by atoms with van der Waals surface area (Å²) in [6.07, 6.45) is 4.28. The number of fused-ring (bicyclic) bond motifs is 3. The van der Waals surface area contributed by atoms with Crippen molar-refractivity contribution in [2.75, 3.05) is 0 Å². The molecule has 0 saturated carbocycles. The number of aromatic nitrogens is 3. The van der Waals surface area contributed by atoms with Gasteiger partial charge in [-0.2, -0.15) is 10.4 Å². The molecule has 5 nitrogen and oxygen atoms in total. The summed E-state index contributed by atoms with van der Waals surface area (Å²) < 4.78 is 1.64. The topological polar surface area (TPSA) is 71.1 Å². The fraction of sp³-hybridized carbons (Fsp3) is 0.176. The van der Waals surface area contributed by atoms with Gasteiger partial charge in [0.2, 0.25) is 0 Å². The number of hydrogen-bond donors (Lipinski definition) is 0. The van der Waals surface area contributed by atoms with Crippen molar-refractivity contribution in [1.29, 1.82) is 5.26 Å². The third-order valence-electron chi connectivity index (χ3n) is 4.19. The van der Waals surface area contributed by atoms with Crippen molar-refractivity contribution in [1.82, 2.24) is 14.6 Å². The van der Waals surface area contributed by atoms with Gasteiger partial charge in [-0.15, -0.1) is 0 Å². The highest BCUT2D eigenvalue weighted by Crippen LogP contribution is 2.32. The van der Waals surface area contributed by atoms with Crippen molar-refractivity contribution in [2.24, 2.45) is 0 Å². The number of rotatable bonds is 1. The molecule has 1 aromatic carbocycles. The van der Waals surface area contributed by atoms with E-state index in [4.69, 9.17) is 5.26 Å². The largest absolute Gasteiger partial charge is 0.294 e. The maximum absolute atomic E-state index is 12.4. The van der Waals surface area contributed by atoms with Crippen LogP contribution < -0.4 is 0 Å². The minimum Gasteiger partial charge on any atom is -0.294 e. The van der Waals surface area contributed by atoms with Crippen LogP contribution in [0.4, 0.5) is 0 Å². The zero-order chi connectivity index (χ0) is 15.1. The summed E-state index contributed by atoms with van der Waals surface area (Å²) in [4.78, 5) is 16.7. The van der Waals surface area contributed by atoms with Crippen molar-refractivity contribution >= 4 is 11.4 Å². The van der Waals surface area contributed by atoms with Crippen molar-refractivity contribution < 1.29 is 4.79 Å². The van der Waals surface area contributed by atoms with Gasteiger partial charge in [-0.3, -0.25) is 4.79 Å². The Labute approximate surface area is 126 Å². The fourth-order valence-electron chi connectivity index (χ4n) is 3.09. The highest BCUT2D eigenvalue weighted by Gasteiger charge is 2.29. The van der Waals surface area contributed by atoms with Gasteiger partial charge < -0.3 is 0 Å². The van der Waals surface area contributed by atoms with E-state index in [0.717, 1.165) is 17.7 Å². The molecule has 0 fully saturated rings. The average Bonchev–Trinajstić information content (AvgIpc) is 2.99. The SMILES string of the molecule is N#Cc1cnn2c3c(cnc12)C(=O)CC(c1ccccc1)C3. The van der Waals surface area contributed by atoms with E-state index in [0.29, 0.717) is 23.2 Å². The lowest BCUT2D eigenvalue weighted by Crippen LogP contribution is -2.22. The summed E-state index contributed by atoms with van der Waals surface area (Å²) in [5.41, 5.74) is 3.56. The Morgan fingerprint density at radius 1 is 1.18 bits per heavy atom. The van der Waals surface area contributed by atoms with E-state index in [2.05, 4.69) is 16.2 Å². The minimum atomic E-state index is 0.0820. The first-order valence-corrected chi connectivity index (χ1v) is 7.12. The lowest BCUT2D eigenvalue weighted by atomic mass is 9.82. The molecular formula is C17H12N4O. The summed E-state index contributed by atoms with van der Waals surface area (Å²) in [5.74, 6) is 0.222. The lowest BCUT2D eigenvalue weighted by molar-refractivity contribution is 0.0962. The van der Waals surface area contributed by atoms with Crippen LogP contribution >= 0.6 is 0 Å². The minimum absolute atomic E-state index is 0.0820. The van der Waals surface area contributed by atoms with Crippen LogP contribution in [0, 0.1) is 11.3 Å². The maximum atomic E-state index is 12.4. The van der Waals surface area contributed by atoms with Crippen LogP contribution in [0.25, 0.3) is 5.65 Å². The quantitative estimate of drug-likeness (QED) is 0.689. The molecule has 1 aliphatic rings. The summed E-state index contributed by atoms with van der Waals surface area (Å²) in [6, 6.07) is 12.1. The second-order valence-corrected chi connectivity index (χ2v) is 5.46. The summed E-state index contributed by atoms with van der Waals surface area (Å²) in [7, 11) is 0. The fourth-order valence-corrected chi connectivity index (χ4v) is 3.09. The van der Waals surface area contributed by atoms with E-state index >= 15 is 0 Å². The van der Waals surface area contributed by atoms with Crippen LogP contribution in [0.15, 0.2) is 42.7 Å². The van der Waals surface area contributed by atoms with E-state index in [-0.39, 0.29) is 11.7 Å². The number of Topliss-reactive ketones (excluding diaryl/α,β-unsaturated/α-hetero) is 1. The van der Waals surface area contributed by atoms with Crippen molar-refractivity contribution in [3.63, 3.8) is 0 Å². The van der Waals surface area contributed by atoms with Gasteiger partial charge in [0.05, 0.1) is 17.5 Å². The third kappa shape index (κ3) is 1.81. The van der Waals surface area contributed by atoms with Crippen LogP contribution in [-0.2, 0) is 6.42 Å². The zero-order valence-corrected chi connectivity index (χ0v) is 11.7. The van der Waals surface area contributed by atoms with Gasteiger partial charge in [0, 0.05) is 12.6 Å². The zero-order valence-electron chi connectivity index (χ0n) is 11.7. The maximum Gasteiger partial charge on any atom is 0.173 e. The molecule has 1 atom stereocenters. The van der Waals surface area contributed by atoms with E-state index < -0.39 is 0 Å². The monoisotopic (exact) mass is 288 g/mol. The molecule has 2 heterocycles. The Hall–Kier alpha value is -3.00. The number of carbonyl (C=O) groups is 1.